The Morgan fingerprint density at radius 1 is 1.15 bits per heavy atom. The van der Waals surface area contributed by atoms with Gasteiger partial charge in [-0.15, -0.1) is 0 Å². The zero-order chi connectivity index (χ0) is 14.6. The molecule has 0 heterocycles. The maximum absolute atomic E-state index is 9.32. The maximum atomic E-state index is 9.32. The highest BCUT2D eigenvalue weighted by atomic mass is 127. The number of aliphatic hydroxyl groups excluding tert-OH is 1. The Hall–Kier alpha value is -1.23. The molecule has 1 nitrogen and oxygen atoms in total. The molecular formula is C18H19IO. The van der Waals surface area contributed by atoms with Crippen molar-refractivity contribution in [2.75, 3.05) is 6.61 Å². The number of hydrogen-bond donors (Lipinski definition) is 1. The second-order valence-corrected chi connectivity index (χ2v) is 5.06. The molecule has 0 radical (unpaired) electrons. The van der Waals surface area contributed by atoms with Gasteiger partial charge in [0, 0.05) is 41.0 Å². The van der Waals surface area contributed by atoms with Gasteiger partial charge in [-0.2, -0.15) is 0 Å². The number of unbranched alkanes of at least 4 members (excludes halogenated alkanes) is 3. The van der Waals surface area contributed by atoms with Gasteiger partial charge in [-0.05, 0) is 35.3 Å². The van der Waals surface area contributed by atoms with Crippen molar-refractivity contribution in [1.29, 1.82) is 0 Å². The molecule has 2 heteroatoms. The topological polar surface area (TPSA) is 20.2 Å². The fourth-order valence-electron chi connectivity index (χ4n) is 1.64. The standard InChI is InChI=1S/C18H19IO/c1-16-9-11-17(12-10-16)14-18(15-20)8-6-4-2-3-5-7-13-19/h9-12,14,20H,2-5,15H2,1H3/b18-14+. The van der Waals surface area contributed by atoms with Crippen LogP contribution in [0.25, 0.3) is 6.08 Å². The average Bonchev–Trinajstić information content (AvgIpc) is 2.47. The van der Waals surface area contributed by atoms with E-state index >= 15 is 0 Å². The molecule has 0 aromatic heterocycles. The second-order valence-electron chi connectivity index (χ2n) is 4.52. The van der Waals surface area contributed by atoms with Crippen LogP contribution in [-0.2, 0) is 0 Å². The molecule has 0 saturated heterocycles. The summed E-state index contributed by atoms with van der Waals surface area (Å²) in [7, 11) is 0. The molecule has 0 amide bonds. The molecule has 0 aliphatic carbocycles. The van der Waals surface area contributed by atoms with Gasteiger partial charge >= 0.3 is 0 Å². The van der Waals surface area contributed by atoms with Crippen LogP contribution < -0.4 is 0 Å². The molecular weight excluding hydrogens is 359 g/mol. The van der Waals surface area contributed by atoms with Crippen LogP contribution in [0.1, 0.15) is 36.8 Å². The van der Waals surface area contributed by atoms with Crippen LogP contribution in [0, 0.1) is 28.6 Å². The van der Waals surface area contributed by atoms with E-state index in [1.807, 2.05) is 18.2 Å². The molecule has 0 bridgehead atoms. The normalized spacial score (nSPS) is 10.2. The van der Waals surface area contributed by atoms with Crippen molar-refractivity contribution < 1.29 is 5.11 Å². The van der Waals surface area contributed by atoms with Gasteiger partial charge in [-0.1, -0.05) is 47.6 Å². The molecule has 1 aromatic rings. The third kappa shape index (κ3) is 7.38. The fourth-order valence-corrected chi connectivity index (χ4v) is 1.90. The highest BCUT2D eigenvalue weighted by molar-refractivity contribution is 14.1. The Labute approximate surface area is 135 Å². The molecule has 0 atom stereocenters. The molecule has 1 rings (SSSR count). The summed E-state index contributed by atoms with van der Waals surface area (Å²) >= 11 is 2.06. The van der Waals surface area contributed by atoms with Crippen molar-refractivity contribution >= 4 is 28.7 Å². The van der Waals surface area contributed by atoms with Crippen LogP contribution in [0.3, 0.4) is 0 Å². The third-order valence-electron chi connectivity index (χ3n) is 2.76. The van der Waals surface area contributed by atoms with Gasteiger partial charge in [0.15, 0.2) is 0 Å². The molecule has 1 N–H and O–H groups in total. The Balaban J connectivity index is 2.49. The predicted molar refractivity (Wildman–Crippen MR) is 94.3 cm³/mol. The number of aliphatic hydroxyl groups is 1. The minimum Gasteiger partial charge on any atom is -0.391 e. The van der Waals surface area contributed by atoms with Gasteiger partial charge in [-0.3, -0.25) is 0 Å². The quantitative estimate of drug-likeness (QED) is 0.460. The predicted octanol–water partition coefficient (Wildman–Crippen LogP) is 4.33. The molecule has 104 valence electrons. The average molecular weight is 378 g/mol. The highest BCUT2D eigenvalue weighted by Gasteiger charge is 1.92. The molecule has 0 saturated carbocycles. The van der Waals surface area contributed by atoms with E-state index < -0.39 is 0 Å². The van der Waals surface area contributed by atoms with Crippen molar-refractivity contribution in [3.63, 3.8) is 0 Å². The maximum Gasteiger partial charge on any atom is 0.0760 e. The van der Waals surface area contributed by atoms with Crippen LogP contribution >= 0.6 is 22.6 Å². The number of hydrogen-bond acceptors (Lipinski definition) is 1. The lowest BCUT2D eigenvalue weighted by Gasteiger charge is -1.97. The number of rotatable bonds is 5. The summed E-state index contributed by atoms with van der Waals surface area (Å²) < 4.78 is 2.86. The highest BCUT2D eigenvalue weighted by Crippen LogP contribution is 2.08. The first-order chi connectivity index (χ1) is 9.76. The summed E-state index contributed by atoms with van der Waals surface area (Å²) in [4.78, 5) is 0. The Morgan fingerprint density at radius 2 is 1.80 bits per heavy atom. The lowest BCUT2D eigenvalue weighted by atomic mass is 10.1. The Morgan fingerprint density at radius 3 is 2.40 bits per heavy atom. The first kappa shape index (κ1) is 16.8. The van der Waals surface area contributed by atoms with Crippen molar-refractivity contribution in [3.8, 4) is 21.7 Å². The third-order valence-corrected chi connectivity index (χ3v) is 3.14. The number of halogens is 1. The molecule has 0 aliphatic rings. The van der Waals surface area contributed by atoms with E-state index in [2.05, 4.69) is 63.3 Å². The van der Waals surface area contributed by atoms with E-state index in [4.69, 9.17) is 0 Å². The zero-order valence-corrected chi connectivity index (χ0v) is 13.9. The zero-order valence-electron chi connectivity index (χ0n) is 11.7. The Bertz CT molecular complexity index is 547. The second kappa shape index (κ2) is 10.5. The first-order valence-corrected chi connectivity index (χ1v) is 7.79. The van der Waals surface area contributed by atoms with Crippen molar-refractivity contribution in [1.82, 2.24) is 0 Å². The monoisotopic (exact) mass is 378 g/mol. The van der Waals surface area contributed by atoms with Crippen LogP contribution in [0.2, 0.25) is 0 Å². The van der Waals surface area contributed by atoms with Gasteiger partial charge in [0.05, 0.1) is 6.61 Å². The van der Waals surface area contributed by atoms with Crippen LogP contribution in [-0.4, -0.2) is 11.7 Å². The van der Waals surface area contributed by atoms with E-state index in [1.54, 1.807) is 0 Å². The SMILES string of the molecule is Cc1ccc(/C=C(\C#CCCCCC#CI)CO)cc1. The summed E-state index contributed by atoms with van der Waals surface area (Å²) in [5, 5.41) is 9.32. The number of aryl methyl sites for hydroxylation is 1. The summed E-state index contributed by atoms with van der Waals surface area (Å²) in [6.45, 7) is 2.05. The van der Waals surface area contributed by atoms with Crippen molar-refractivity contribution in [2.45, 2.75) is 32.6 Å². The number of benzene rings is 1. The van der Waals surface area contributed by atoms with E-state index in [0.29, 0.717) is 0 Å². The molecule has 20 heavy (non-hydrogen) atoms. The smallest absolute Gasteiger partial charge is 0.0760 e. The van der Waals surface area contributed by atoms with Crippen LogP contribution in [0.4, 0.5) is 0 Å². The minimum atomic E-state index is -0.0127. The fraction of sp³-hybridized carbons (Fsp3) is 0.333. The molecule has 1 aromatic carbocycles. The van der Waals surface area contributed by atoms with Crippen molar-refractivity contribution in [3.05, 3.63) is 41.0 Å². The van der Waals surface area contributed by atoms with Gasteiger partial charge in [-0.25, -0.2) is 0 Å². The van der Waals surface area contributed by atoms with Crippen molar-refractivity contribution in [2.24, 2.45) is 0 Å². The van der Waals surface area contributed by atoms with Crippen LogP contribution in [0.5, 0.6) is 0 Å². The lowest BCUT2D eigenvalue weighted by molar-refractivity contribution is 0.337. The van der Waals surface area contributed by atoms with E-state index in [0.717, 1.165) is 36.8 Å². The molecule has 0 fully saturated rings. The Kier molecular flexibility index (Phi) is 8.87. The summed E-state index contributed by atoms with van der Waals surface area (Å²) in [5.74, 6) is 9.20. The molecule has 0 unspecified atom stereocenters. The van der Waals surface area contributed by atoms with E-state index in [-0.39, 0.29) is 6.61 Å². The van der Waals surface area contributed by atoms with Gasteiger partial charge in [0.25, 0.3) is 0 Å². The summed E-state index contributed by atoms with van der Waals surface area (Å²) in [6.07, 6.45) is 5.88. The minimum absolute atomic E-state index is 0.0127. The largest absolute Gasteiger partial charge is 0.391 e. The van der Waals surface area contributed by atoms with E-state index in [1.165, 1.54) is 5.56 Å². The van der Waals surface area contributed by atoms with Gasteiger partial charge in [0.1, 0.15) is 0 Å². The molecule has 0 aliphatic heterocycles. The first-order valence-electron chi connectivity index (χ1n) is 6.71. The van der Waals surface area contributed by atoms with Gasteiger partial charge < -0.3 is 5.11 Å². The summed E-state index contributed by atoms with van der Waals surface area (Å²) in [5.41, 5.74) is 3.07. The van der Waals surface area contributed by atoms with E-state index in [9.17, 15) is 5.11 Å². The van der Waals surface area contributed by atoms with Crippen LogP contribution in [0.15, 0.2) is 29.8 Å². The summed E-state index contributed by atoms with van der Waals surface area (Å²) in [6, 6.07) is 8.19. The van der Waals surface area contributed by atoms with Gasteiger partial charge in [0.2, 0.25) is 0 Å². The molecule has 0 spiro atoms. The lowest BCUT2D eigenvalue weighted by Crippen LogP contribution is -1.87.